The predicted molar refractivity (Wildman–Crippen MR) is 91.4 cm³/mol. The van der Waals surface area contributed by atoms with Crippen LogP contribution >= 0.6 is 0 Å². The zero-order valence-corrected chi connectivity index (χ0v) is 14.7. The lowest BCUT2D eigenvalue weighted by Crippen LogP contribution is -2.40. The summed E-state index contributed by atoms with van der Waals surface area (Å²) in [5, 5.41) is 3.02. The summed E-state index contributed by atoms with van der Waals surface area (Å²) in [7, 11) is 0. The number of nitrogens with one attached hydrogen (secondary N) is 2. The lowest BCUT2D eigenvalue weighted by Gasteiger charge is -2.32. The lowest BCUT2D eigenvalue weighted by molar-refractivity contribution is -0.122. The molecule has 0 aromatic carbocycles. The van der Waals surface area contributed by atoms with Crippen LogP contribution in [0.1, 0.15) is 61.3 Å². The summed E-state index contributed by atoms with van der Waals surface area (Å²) in [5.41, 5.74) is 2.72. The predicted octanol–water partition coefficient (Wildman–Crippen LogP) is 2.79. The molecule has 1 aromatic heterocycles. The second-order valence-corrected chi connectivity index (χ2v) is 6.83. The molecule has 1 fully saturated rings. The Morgan fingerprint density at radius 3 is 2.52 bits per heavy atom. The molecule has 1 aliphatic rings. The van der Waals surface area contributed by atoms with Gasteiger partial charge in [-0.1, -0.05) is 6.92 Å². The van der Waals surface area contributed by atoms with Gasteiger partial charge in [-0.2, -0.15) is 0 Å². The van der Waals surface area contributed by atoms with Crippen LogP contribution in [0, 0.1) is 19.8 Å². The number of carbonyl (C=O) groups excluding carboxylic acids is 2. The number of hydrogen-bond donors (Lipinski definition) is 2. The van der Waals surface area contributed by atoms with Crippen molar-refractivity contribution in [2.75, 3.05) is 13.1 Å². The van der Waals surface area contributed by atoms with Gasteiger partial charge in [-0.05, 0) is 57.6 Å². The number of aryl methyl sites for hydroxylation is 2. The average Bonchev–Trinajstić information content (AvgIpc) is 2.85. The Hall–Kier alpha value is -1.78. The number of rotatable bonds is 5. The number of hydrogen-bond acceptors (Lipinski definition) is 2. The van der Waals surface area contributed by atoms with Gasteiger partial charge in [0.25, 0.3) is 5.91 Å². The molecule has 1 aromatic rings. The normalized spacial score (nSPS) is 17.1. The van der Waals surface area contributed by atoms with Gasteiger partial charge in [-0.15, -0.1) is 0 Å². The van der Waals surface area contributed by atoms with Crippen LogP contribution in [0.25, 0.3) is 0 Å². The SMILES string of the molecule is CC[C@H](C)NC(=O)CC1CCN(C(=O)c2[nH]c(C)cc2C)CC1. The van der Waals surface area contributed by atoms with Crippen molar-refractivity contribution in [3.8, 4) is 0 Å². The molecule has 2 N–H and O–H groups in total. The van der Waals surface area contributed by atoms with Crippen LogP contribution in [0.3, 0.4) is 0 Å². The van der Waals surface area contributed by atoms with Crippen LogP contribution in [-0.2, 0) is 4.79 Å². The second-order valence-electron chi connectivity index (χ2n) is 6.83. The molecule has 0 bridgehead atoms. The average molecular weight is 319 g/mol. The van der Waals surface area contributed by atoms with Crippen molar-refractivity contribution in [1.82, 2.24) is 15.2 Å². The summed E-state index contributed by atoms with van der Waals surface area (Å²) < 4.78 is 0. The highest BCUT2D eigenvalue weighted by Crippen LogP contribution is 2.22. The summed E-state index contributed by atoms with van der Waals surface area (Å²) in [6, 6.07) is 2.24. The van der Waals surface area contributed by atoms with Gasteiger partial charge in [0, 0.05) is 31.2 Å². The fourth-order valence-corrected chi connectivity index (χ4v) is 3.15. The maximum atomic E-state index is 12.6. The van der Waals surface area contributed by atoms with E-state index in [1.165, 1.54) is 0 Å². The third-order valence-corrected chi connectivity index (χ3v) is 4.76. The van der Waals surface area contributed by atoms with E-state index in [2.05, 4.69) is 17.2 Å². The molecule has 23 heavy (non-hydrogen) atoms. The number of nitrogens with zero attached hydrogens (tertiary/aromatic N) is 1. The minimum atomic E-state index is 0.0816. The van der Waals surface area contributed by atoms with Gasteiger partial charge in [0.1, 0.15) is 5.69 Å². The molecule has 5 heteroatoms. The molecule has 0 radical (unpaired) electrons. The molecular weight excluding hydrogens is 290 g/mol. The van der Waals surface area contributed by atoms with Crippen LogP contribution in [0.15, 0.2) is 6.07 Å². The molecule has 5 nitrogen and oxygen atoms in total. The zero-order chi connectivity index (χ0) is 17.0. The minimum absolute atomic E-state index is 0.0816. The lowest BCUT2D eigenvalue weighted by atomic mass is 9.93. The van der Waals surface area contributed by atoms with Crippen molar-refractivity contribution >= 4 is 11.8 Å². The Morgan fingerprint density at radius 1 is 1.35 bits per heavy atom. The standard InChI is InChI=1S/C18H29N3O2/c1-5-13(3)19-16(22)11-15-6-8-21(9-7-15)18(23)17-12(2)10-14(4)20-17/h10,13,15,20H,5-9,11H2,1-4H3,(H,19,22)/t13-/m0/s1. The van der Waals surface area contributed by atoms with E-state index in [0.29, 0.717) is 18.0 Å². The maximum absolute atomic E-state index is 12.6. The van der Waals surface area contributed by atoms with Crippen LogP contribution in [0.4, 0.5) is 0 Å². The van der Waals surface area contributed by atoms with E-state index < -0.39 is 0 Å². The van der Waals surface area contributed by atoms with E-state index in [1.807, 2.05) is 31.7 Å². The van der Waals surface area contributed by atoms with Crippen LogP contribution in [-0.4, -0.2) is 40.8 Å². The molecule has 1 saturated heterocycles. The van der Waals surface area contributed by atoms with E-state index in [4.69, 9.17) is 0 Å². The van der Waals surface area contributed by atoms with Crippen molar-refractivity contribution in [3.63, 3.8) is 0 Å². The molecule has 128 valence electrons. The third kappa shape index (κ3) is 4.60. The van der Waals surface area contributed by atoms with E-state index in [0.717, 1.165) is 43.6 Å². The molecule has 0 aliphatic carbocycles. The van der Waals surface area contributed by atoms with Crippen molar-refractivity contribution in [2.24, 2.45) is 5.92 Å². The quantitative estimate of drug-likeness (QED) is 0.876. The first-order valence-corrected chi connectivity index (χ1v) is 8.65. The number of carbonyl (C=O) groups is 2. The highest BCUT2D eigenvalue weighted by Gasteiger charge is 2.26. The first kappa shape index (κ1) is 17.6. The third-order valence-electron chi connectivity index (χ3n) is 4.76. The summed E-state index contributed by atoms with van der Waals surface area (Å²) >= 11 is 0. The largest absolute Gasteiger partial charge is 0.354 e. The zero-order valence-electron chi connectivity index (χ0n) is 14.7. The topological polar surface area (TPSA) is 65.2 Å². The monoisotopic (exact) mass is 319 g/mol. The van der Waals surface area contributed by atoms with Crippen molar-refractivity contribution in [1.29, 1.82) is 0 Å². The summed E-state index contributed by atoms with van der Waals surface area (Å²) in [6.45, 7) is 9.49. The Kier molecular flexibility index (Phi) is 5.85. The van der Waals surface area contributed by atoms with Crippen molar-refractivity contribution in [2.45, 2.75) is 59.4 Å². The highest BCUT2D eigenvalue weighted by atomic mass is 16.2. The van der Waals surface area contributed by atoms with E-state index in [1.54, 1.807) is 0 Å². The van der Waals surface area contributed by atoms with Gasteiger partial charge in [0.05, 0.1) is 0 Å². The van der Waals surface area contributed by atoms with Gasteiger partial charge >= 0.3 is 0 Å². The van der Waals surface area contributed by atoms with Gasteiger partial charge in [0.2, 0.25) is 5.91 Å². The van der Waals surface area contributed by atoms with Gasteiger partial charge in [-0.3, -0.25) is 9.59 Å². The van der Waals surface area contributed by atoms with E-state index in [9.17, 15) is 9.59 Å². The molecule has 2 rings (SSSR count). The number of H-pyrrole nitrogens is 1. The molecule has 0 spiro atoms. The molecule has 1 atom stereocenters. The number of piperidine rings is 1. The van der Waals surface area contributed by atoms with E-state index in [-0.39, 0.29) is 17.9 Å². The fourth-order valence-electron chi connectivity index (χ4n) is 3.15. The molecule has 0 unspecified atom stereocenters. The second kappa shape index (κ2) is 7.66. The molecular formula is C18H29N3O2. The Balaban J connectivity index is 1.83. The molecule has 1 aliphatic heterocycles. The highest BCUT2D eigenvalue weighted by molar-refractivity contribution is 5.94. The van der Waals surface area contributed by atoms with E-state index >= 15 is 0 Å². The number of likely N-dealkylation sites (tertiary alicyclic amines) is 1. The Bertz CT molecular complexity index is 557. The first-order valence-electron chi connectivity index (χ1n) is 8.65. The molecule has 2 amide bonds. The van der Waals surface area contributed by atoms with Crippen molar-refractivity contribution in [3.05, 3.63) is 23.0 Å². The number of amides is 2. The summed E-state index contributed by atoms with van der Waals surface area (Å²) in [4.78, 5) is 29.6. The van der Waals surface area contributed by atoms with Crippen molar-refractivity contribution < 1.29 is 9.59 Å². The van der Waals surface area contributed by atoms with Gasteiger partial charge < -0.3 is 15.2 Å². The van der Waals surface area contributed by atoms with Gasteiger partial charge in [-0.25, -0.2) is 0 Å². The van der Waals surface area contributed by atoms with Crippen LogP contribution < -0.4 is 5.32 Å². The fraction of sp³-hybridized carbons (Fsp3) is 0.667. The maximum Gasteiger partial charge on any atom is 0.270 e. The molecule has 2 heterocycles. The summed E-state index contributed by atoms with van der Waals surface area (Å²) in [5.74, 6) is 0.604. The minimum Gasteiger partial charge on any atom is -0.354 e. The van der Waals surface area contributed by atoms with Crippen LogP contribution in [0.5, 0.6) is 0 Å². The first-order chi connectivity index (χ1) is 10.9. The summed E-state index contributed by atoms with van der Waals surface area (Å²) in [6.07, 6.45) is 3.33. The Morgan fingerprint density at radius 2 is 2.00 bits per heavy atom. The number of aromatic amines is 1. The van der Waals surface area contributed by atoms with Gasteiger partial charge in [0.15, 0.2) is 0 Å². The smallest absolute Gasteiger partial charge is 0.270 e. The molecule has 0 saturated carbocycles. The van der Waals surface area contributed by atoms with Crippen LogP contribution in [0.2, 0.25) is 0 Å². The Labute approximate surface area is 138 Å². The number of aromatic nitrogens is 1.